The molecule has 0 aliphatic rings. The van der Waals surface area contributed by atoms with E-state index in [1.54, 1.807) is 10.7 Å². The third-order valence-corrected chi connectivity index (χ3v) is 4.81. The van der Waals surface area contributed by atoms with Crippen LogP contribution in [0.3, 0.4) is 0 Å². The van der Waals surface area contributed by atoms with Crippen LogP contribution < -0.4 is 0 Å². The largest absolute Gasteiger partial charge is 0.235 e. The van der Waals surface area contributed by atoms with Gasteiger partial charge in [-0.25, -0.2) is 9.50 Å². The van der Waals surface area contributed by atoms with Crippen LogP contribution in [0.25, 0.3) is 28.2 Å². The van der Waals surface area contributed by atoms with Gasteiger partial charge in [0.15, 0.2) is 5.65 Å². The van der Waals surface area contributed by atoms with Crippen LogP contribution in [0.15, 0.2) is 65.3 Å². The monoisotopic (exact) mass is 388 g/mol. The van der Waals surface area contributed by atoms with Gasteiger partial charge in [-0.05, 0) is 22.9 Å². The van der Waals surface area contributed by atoms with Crippen molar-refractivity contribution in [1.82, 2.24) is 14.6 Å². The quantitative estimate of drug-likeness (QED) is 0.485. The van der Waals surface area contributed by atoms with Crippen molar-refractivity contribution in [3.63, 3.8) is 0 Å². The molecule has 0 unspecified atom stereocenters. The second-order valence-corrected chi connectivity index (χ2v) is 6.56. The third kappa shape index (κ3) is 2.61. The summed E-state index contributed by atoms with van der Waals surface area (Å²) in [4.78, 5) is 4.43. The zero-order chi connectivity index (χ0) is 17.4. The predicted molar refractivity (Wildman–Crippen MR) is 101 cm³/mol. The second-order valence-electron chi connectivity index (χ2n) is 5.76. The van der Waals surface area contributed by atoms with Gasteiger partial charge in [-0.2, -0.15) is 10.4 Å². The van der Waals surface area contributed by atoms with Crippen LogP contribution in [0.1, 0.15) is 11.1 Å². The van der Waals surface area contributed by atoms with Crippen LogP contribution in [0.2, 0.25) is 0 Å². The summed E-state index contributed by atoms with van der Waals surface area (Å²) in [6, 6.07) is 20.2. The molecule has 0 saturated heterocycles. The highest BCUT2D eigenvalue weighted by Gasteiger charge is 2.19. The fourth-order valence-corrected chi connectivity index (χ4v) is 3.39. The van der Waals surface area contributed by atoms with E-state index in [0.29, 0.717) is 11.2 Å². The van der Waals surface area contributed by atoms with Gasteiger partial charge in [-0.3, -0.25) is 0 Å². The summed E-state index contributed by atoms with van der Waals surface area (Å²) >= 11 is 3.62. The van der Waals surface area contributed by atoms with Gasteiger partial charge in [0.1, 0.15) is 11.8 Å². The molecule has 0 amide bonds. The first kappa shape index (κ1) is 15.6. The fraction of sp³-hybridized carbons (Fsp3) is 0.0500. The van der Waals surface area contributed by atoms with Crippen LogP contribution in [-0.4, -0.2) is 14.6 Å². The Bertz CT molecular complexity index is 1110. The zero-order valence-electron chi connectivity index (χ0n) is 13.4. The minimum Gasteiger partial charge on any atom is -0.235 e. The lowest BCUT2D eigenvalue weighted by atomic mass is 10.1. The lowest BCUT2D eigenvalue weighted by Crippen LogP contribution is -2.00. The summed E-state index contributed by atoms with van der Waals surface area (Å²) in [6.07, 6.45) is 1.60. The molecule has 4 nitrogen and oxygen atoms in total. The van der Waals surface area contributed by atoms with Crippen molar-refractivity contribution in [2.24, 2.45) is 0 Å². The van der Waals surface area contributed by atoms with Crippen LogP contribution in [0, 0.1) is 18.3 Å². The van der Waals surface area contributed by atoms with Crippen molar-refractivity contribution in [1.29, 1.82) is 5.26 Å². The Morgan fingerprint density at radius 1 is 1.00 bits per heavy atom. The Balaban J connectivity index is 2.04. The van der Waals surface area contributed by atoms with E-state index in [9.17, 15) is 5.26 Å². The Morgan fingerprint density at radius 3 is 2.40 bits per heavy atom. The first-order chi connectivity index (χ1) is 12.2. The summed E-state index contributed by atoms with van der Waals surface area (Å²) in [5, 5.41) is 14.3. The molecule has 0 radical (unpaired) electrons. The van der Waals surface area contributed by atoms with Crippen molar-refractivity contribution in [3.05, 3.63) is 76.4 Å². The minimum atomic E-state index is 0.492. The van der Waals surface area contributed by atoms with Gasteiger partial charge >= 0.3 is 0 Å². The number of hydrogen-bond acceptors (Lipinski definition) is 3. The number of nitrogens with zero attached hydrogens (tertiary/aromatic N) is 4. The number of aromatic nitrogens is 3. The van der Waals surface area contributed by atoms with E-state index in [2.05, 4.69) is 27.0 Å². The first-order valence-electron chi connectivity index (χ1n) is 7.79. The molecule has 120 valence electrons. The number of fused-ring (bicyclic) bond motifs is 1. The summed E-state index contributed by atoms with van der Waals surface area (Å²) in [5.74, 6) is 0. The van der Waals surface area contributed by atoms with Crippen molar-refractivity contribution in [3.8, 4) is 28.6 Å². The molecule has 0 atom stereocenters. The van der Waals surface area contributed by atoms with E-state index in [1.807, 2.05) is 61.5 Å². The molecule has 2 aromatic heterocycles. The molecular weight excluding hydrogens is 376 g/mol. The van der Waals surface area contributed by atoms with Gasteiger partial charge in [0.05, 0.1) is 15.7 Å². The lowest BCUT2D eigenvalue weighted by molar-refractivity contribution is 0.947. The topological polar surface area (TPSA) is 54.0 Å². The van der Waals surface area contributed by atoms with E-state index >= 15 is 0 Å². The van der Waals surface area contributed by atoms with Crippen LogP contribution >= 0.6 is 15.9 Å². The average molecular weight is 389 g/mol. The Labute approximate surface area is 153 Å². The molecule has 0 fully saturated rings. The van der Waals surface area contributed by atoms with Crippen LogP contribution in [0.4, 0.5) is 0 Å². The van der Waals surface area contributed by atoms with Crippen molar-refractivity contribution in [2.75, 3.05) is 0 Å². The Morgan fingerprint density at radius 2 is 1.72 bits per heavy atom. The molecule has 0 N–H and O–H groups in total. The van der Waals surface area contributed by atoms with Crippen LogP contribution in [-0.2, 0) is 0 Å². The molecule has 0 aliphatic heterocycles. The van der Waals surface area contributed by atoms with E-state index in [1.165, 1.54) is 5.56 Å². The second kappa shape index (κ2) is 6.15. The van der Waals surface area contributed by atoms with Crippen molar-refractivity contribution >= 4 is 21.6 Å². The van der Waals surface area contributed by atoms with E-state index < -0.39 is 0 Å². The van der Waals surface area contributed by atoms with E-state index in [-0.39, 0.29) is 0 Å². The number of benzene rings is 2. The number of nitriles is 1. The molecule has 2 heterocycles. The summed E-state index contributed by atoms with van der Waals surface area (Å²) in [5.41, 5.74) is 5.82. The maximum Gasteiger partial charge on any atom is 0.170 e. The third-order valence-electron chi connectivity index (χ3n) is 4.08. The highest BCUT2D eigenvalue weighted by molar-refractivity contribution is 9.10. The van der Waals surface area contributed by atoms with E-state index in [0.717, 1.165) is 27.0 Å². The Hall–Kier alpha value is -2.97. The number of aryl methyl sites for hydroxylation is 1. The first-order valence-corrected chi connectivity index (χ1v) is 8.58. The molecule has 0 spiro atoms. The minimum absolute atomic E-state index is 0.492. The number of hydrogen-bond donors (Lipinski definition) is 0. The van der Waals surface area contributed by atoms with Crippen molar-refractivity contribution < 1.29 is 0 Å². The molecule has 25 heavy (non-hydrogen) atoms. The van der Waals surface area contributed by atoms with Gasteiger partial charge in [0, 0.05) is 17.3 Å². The van der Waals surface area contributed by atoms with E-state index in [4.69, 9.17) is 5.10 Å². The molecule has 0 aliphatic carbocycles. The summed E-state index contributed by atoms with van der Waals surface area (Å²) in [6.45, 7) is 2.04. The molecule has 0 saturated carbocycles. The maximum absolute atomic E-state index is 9.54. The standard InChI is InChI=1S/C20H13BrN4/c1-13-7-9-15(10-8-13)19-16(11-22)12-23-20-17(21)18(24-25(19)20)14-5-3-2-4-6-14/h2-10,12H,1H3. The van der Waals surface area contributed by atoms with Gasteiger partial charge < -0.3 is 0 Å². The molecule has 5 heteroatoms. The molecular formula is C20H13BrN4. The molecule has 2 aromatic carbocycles. The van der Waals surface area contributed by atoms with Gasteiger partial charge in [-0.15, -0.1) is 0 Å². The van der Waals surface area contributed by atoms with Gasteiger partial charge in [0.2, 0.25) is 0 Å². The van der Waals surface area contributed by atoms with Gasteiger partial charge in [-0.1, -0.05) is 60.2 Å². The number of rotatable bonds is 2. The lowest BCUT2D eigenvalue weighted by Gasteiger charge is -2.07. The number of halogens is 1. The zero-order valence-corrected chi connectivity index (χ0v) is 15.0. The highest BCUT2D eigenvalue weighted by atomic mass is 79.9. The normalized spacial score (nSPS) is 10.8. The molecule has 4 rings (SSSR count). The SMILES string of the molecule is Cc1ccc(-c2c(C#N)cnc3c(Br)c(-c4ccccc4)nn23)cc1. The van der Waals surface area contributed by atoms with Crippen molar-refractivity contribution in [2.45, 2.75) is 6.92 Å². The van der Waals surface area contributed by atoms with Crippen LogP contribution in [0.5, 0.6) is 0 Å². The predicted octanol–water partition coefficient (Wildman–Crippen LogP) is 5.01. The summed E-state index contributed by atoms with van der Waals surface area (Å²) in [7, 11) is 0. The summed E-state index contributed by atoms with van der Waals surface area (Å²) < 4.78 is 2.56. The fourth-order valence-electron chi connectivity index (χ4n) is 2.81. The molecule has 0 bridgehead atoms. The average Bonchev–Trinajstić information content (AvgIpc) is 2.99. The highest BCUT2D eigenvalue weighted by Crippen LogP contribution is 2.33. The Kier molecular flexibility index (Phi) is 3.83. The maximum atomic E-state index is 9.54. The smallest absolute Gasteiger partial charge is 0.170 e. The van der Waals surface area contributed by atoms with Gasteiger partial charge in [0.25, 0.3) is 0 Å². The molecule has 4 aromatic rings.